The van der Waals surface area contributed by atoms with Crippen molar-refractivity contribution in [2.45, 2.75) is 51.4 Å². The van der Waals surface area contributed by atoms with Crippen LogP contribution in [0.5, 0.6) is 40.2 Å². The van der Waals surface area contributed by atoms with E-state index in [-0.39, 0.29) is 0 Å². The number of benzene rings is 7. The fourth-order valence-electron chi connectivity index (χ4n) is 5.55. The van der Waals surface area contributed by atoms with E-state index in [1.165, 1.54) is 22.3 Å². The van der Waals surface area contributed by atoms with Gasteiger partial charge in [-0.05, 0) is 131 Å². The predicted octanol–water partition coefficient (Wildman–Crippen LogP) is 12.2. The molecule has 0 amide bonds. The maximum atomic E-state index is 9.30. The Bertz CT molecular complexity index is 1780. The van der Waals surface area contributed by atoms with Crippen LogP contribution in [-0.2, 0) is 0 Å². The van der Waals surface area contributed by atoms with Crippen molar-refractivity contribution in [2.24, 2.45) is 0 Å². The molecule has 0 bridgehead atoms. The van der Waals surface area contributed by atoms with E-state index in [0.717, 1.165) is 0 Å². The zero-order valence-electron chi connectivity index (χ0n) is 32.8. The highest BCUT2D eigenvalue weighted by Crippen LogP contribution is 2.34. The molecule has 0 spiro atoms. The van der Waals surface area contributed by atoms with Crippen molar-refractivity contribution >= 4 is 0 Å². The average molecular weight is 767 g/mol. The van der Waals surface area contributed by atoms with E-state index in [1.54, 1.807) is 121 Å². The first kappa shape index (κ1) is 44.5. The minimum absolute atomic E-state index is 0.295. The molecule has 7 aromatic carbocycles. The van der Waals surface area contributed by atoms with Crippen molar-refractivity contribution in [2.75, 3.05) is 0 Å². The molecule has 57 heavy (non-hydrogen) atoms. The van der Waals surface area contributed by atoms with Crippen LogP contribution in [0.3, 0.4) is 0 Å². The van der Waals surface area contributed by atoms with Crippen LogP contribution in [0.2, 0.25) is 0 Å². The number of phenols is 7. The summed E-state index contributed by atoms with van der Waals surface area (Å²) >= 11 is 0. The van der Waals surface area contributed by atoms with Gasteiger partial charge in [0.2, 0.25) is 0 Å². The molecule has 0 aliphatic carbocycles. The van der Waals surface area contributed by atoms with Crippen LogP contribution in [-0.4, -0.2) is 35.7 Å². The third-order valence-electron chi connectivity index (χ3n) is 9.44. The summed E-state index contributed by atoms with van der Waals surface area (Å²) in [4.78, 5) is 0. The number of hydrogen-bond donors (Lipinski definition) is 7. The number of aromatic hydroxyl groups is 7. The lowest BCUT2D eigenvalue weighted by atomic mass is 9.84. The zero-order valence-corrected chi connectivity index (χ0v) is 32.8. The average Bonchev–Trinajstić information content (AvgIpc) is 3.23. The second-order valence-electron chi connectivity index (χ2n) is 13.5. The fourth-order valence-corrected chi connectivity index (χ4v) is 5.55. The summed E-state index contributed by atoms with van der Waals surface area (Å²) < 4.78 is 0. The molecule has 0 aliphatic heterocycles. The van der Waals surface area contributed by atoms with Gasteiger partial charge in [0.25, 0.3) is 0 Å². The van der Waals surface area contributed by atoms with Crippen molar-refractivity contribution in [3.63, 3.8) is 0 Å². The fraction of sp³-hybridized carbons (Fsp3) is 0.160. The summed E-state index contributed by atoms with van der Waals surface area (Å²) in [6.07, 6.45) is 0. The van der Waals surface area contributed by atoms with Gasteiger partial charge in [0.15, 0.2) is 0 Å². The standard InChI is InChI=1S/2C16H18O2.3C6H6O/c2*1-11(13-3-7-15(17)8-4-13)12(2)14-5-9-16(18)10-6-14;3*7-6-4-2-1-3-5-6/h2*3-12,17-18H,1-2H3;3*1-5,7H. The van der Waals surface area contributed by atoms with E-state index in [0.29, 0.717) is 63.9 Å². The molecule has 7 heteroatoms. The highest BCUT2D eigenvalue weighted by atomic mass is 16.3. The highest BCUT2D eigenvalue weighted by Gasteiger charge is 2.17. The molecule has 0 radical (unpaired) electrons. The lowest BCUT2D eigenvalue weighted by Gasteiger charge is -2.21. The maximum absolute atomic E-state index is 9.30. The largest absolute Gasteiger partial charge is 0.508 e. The summed E-state index contributed by atoms with van der Waals surface area (Å²) in [6.45, 7) is 8.68. The van der Waals surface area contributed by atoms with Crippen LogP contribution in [0, 0.1) is 0 Å². The smallest absolute Gasteiger partial charge is 0.115 e. The lowest BCUT2D eigenvalue weighted by Crippen LogP contribution is -2.04. The van der Waals surface area contributed by atoms with E-state index < -0.39 is 0 Å². The molecule has 0 aromatic heterocycles. The Balaban J connectivity index is 0.000000206. The zero-order chi connectivity index (χ0) is 41.6. The lowest BCUT2D eigenvalue weighted by molar-refractivity contribution is 0.473. The summed E-state index contributed by atoms with van der Waals surface area (Å²) in [5, 5.41) is 63.1. The van der Waals surface area contributed by atoms with Gasteiger partial charge in [0.1, 0.15) is 40.2 Å². The molecule has 7 aromatic rings. The normalized spacial score (nSPS) is 12.1. The van der Waals surface area contributed by atoms with Crippen LogP contribution in [0.15, 0.2) is 188 Å². The van der Waals surface area contributed by atoms with Gasteiger partial charge in [-0.1, -0.05) is 131 Å². The number of phenolic OH excluding ortho intramolecular Hbond substituents is 7. The van der Waals surface area contributed by atoms with Gasteiger partial charge in [-0.2, -0.15) is 0 Å². The molecule has 0 saturated carbocycles. The number of hydrogen-bond acceptors (Lipinski definition) is 7. The van der Waals surface area contributed by atoms with Gasteiger partial charge in [-0.3, -0.25) is 0 Å². The van der Waals surface area contributed by atoms with Crippen molar-refractivity contribution in [1.82, 2.24) is 0 Å². The topological polar surface area (TPSA) is 142 Å². The number of rotatable bonds is 6. The SMILES string of the molecule is CC(c1ccc(O)cc1)C(C)c1ccc(O)cc1.CC(c1ccc(O)cc1)C(C)c1ccc(O)cc1.Oc1ccccc1.Oc1ccccc1.Oc1ccccc1. The molecule has 0 heterocycles. The van der Waals surface area contributed by atoms with Crippen LogP contribution in [0.25, 0.3) is 0 Å². The van der Waals surface area contributed by atoms with Crippen molar-refractivity contribution in [3.8, 4) is 40.2 Å². The van der Waals surface area contributed by atoms with Gasteiger partial charge in [0, 0.05) is 0 Å². The van der Waals surface area contributed by atoms with E-state index in [2.05, 4.69) is 27.7 Å². The first-order valence-electron chi connectivity index (χ1n) is 18.7. The Morgan fingerprint density at radius 2 is 0.351 bits per heavy atom. The maximum Gasteiger partial charge on any atom is 0.115 e. The molecule has 0 aliphatic rings. The second-order valence-corrected chi connectivity index (χ2v) is 13.5. The van der Waals surface area contributed by atoms with Crippen LogP contribution in [0.1, 0.15) is 73.6 Å². The monoisotopic (exact) mass is 766 g/mol. The van der Waals surface area contributed by atoms with Gasteiger partial charge in [-0.25, -0.2) is 0 Å². The summed E-state index contributed by atoms with van der Waals surface area (Å²) in [6, 6.07) is 55.5. The Morgan fingerprint density at radius 1 is 0.211 bits per heavy atom. The summed E-state index contributed by atoms with van der Waals surface area (Å²) in [5.74, 6) is 3.57. The van der Waals surface area contributed by atoms with Gasteiger partial charge < -0.3 is 35.7 Å². The van der Waals surface area contributed by atoms with Crippen molar-refractivity contribution in [3.05, 3.63) is 210 Å². The second kappa shape index (κ2) is 23.8. The first-order valence-corrected chi connectivity index (χ1v) is 18.7. The van der Waals surface area contributed by atoms with Crippen LogP contribution >= 0.6 is 0 Å². The molecular weight excluding hydrogens is 713 g/mol. The molecule has 4 atom stereocenters. The predicted molar refractivity (Wildman–Crippen MR) is 230 cm³/mol. The van der Waals surface area contributed by atoms with E-state index in [9.17, 15) is 20.4 Å². The Labute approximate surface area is 336 Å². The van der Waals surface area contributed by atoms with Gasteiger partial charge >= 0.3 is 0 Å². The molecule has 7 rings (SSSR count). The molecule has 296 valence electrons. The van der Waals surface area contributed by atoms with Crippen LogP contribution < -0.4 is 0 Å². The van der Waals surface area contributed by atoms with E-state index in [4.69, 9.17) is 15.3 Å². The van der Waals surface area contributed by atoms with E-state index >= 15 is 0 Å². The number of para-hydroxylation sites is 3. The highest BCUT2D eigenvalue weighted by molar-refractivity contribution is 5.35. The van der Waals surface area contributed by atoms with Gasteiger partial charge in [0.05, 0.1) is 0 Å². The van der Waals surface area contributed by atoms with Crippen LogP contribution in [0.4, 0.5) is 0 Å². The Kier molecular flexibility index (Phi) is 18.6. The molecule has 0 fully saturated rings. The molecular formula is C50H54O7. The minimum Gasteiger partial charge on any atom is -0.508 e. The van der Waals surface area contributed by atoms with E-state index in [1.807, 2.05) is 66.7 Å². The third kappa shape index (κ3) is 16.6. The summed E-state index contributed by atoms with van der Waals surface area (Å²) in [7, 11) is 0. The van der Waals surface area contributed by atoms with Gasteiger partial charge in [-0.15, -0.1) is 0 Å². The van der Waals surface area contributed by atoms with Crippen molar-refractivity contribution in [1.29, 1.82) is 0 Å². The molecule has 0 saturated heterocycles. The van der Waals surface area contributed by atoms with Crippen molar-refractivity contribution < 1.29 is 35.7 Å². The Hall–Kier alpha value is -6.86. The molecule has 4 unspecified atom stereocenters. The first-order chi connectivity index (χ1) is 27.3. The molecule has 7 N–H and O–H groups in total. The Morgan fingerprint density at radius 3 is 0.474 bits per heavy atom. The summed E-state index contributed by atoms with van der Waals surface area (Å²) in [5.41, 5.74) is 4.81. The third-order valence-corrected chi connectivity index (χ3v) is 9.44. The molecule has 7 nitrogen and oxygen atoms in total. The quantitative estimate of drug-likeness (QED) is 0.0893. The minimum atomic E-state index is 0.295.